The second-order valence-electron chi connectivity index (χ2n) is 3.69. The summed E-state index contributed by atoms with van der Waals surface area (Å²) in [5.41, 5.74) is 0. The number of ether oxygens (including phenoxy) is 1. The van der Waals surface area contributed by atoms with Crippen molar-refractivity contribution in [3.8, 4) is 0 Å². The highest BCUT2D eigenvalue weighted by atomic mass is 16.5. The van der Waals surface area contributed by atoms with E-state index in [1.165, 1.54) is 4.90 Å². The van der Waals surface area contributed by atoms with E-state index in [0.29, 0.717) is 0 Å². The van der Waals surface area contributed by atoms with E-state index in [-0.39, 0.29) is 45.0 Å². The maximum absolute atomic E-state index is 11.6. The van der Waals surface area contributed by atoms with Gasteiger partial charge in [-0.1, -0.05) is 0 Å². The molecule has 0 aliphatic heterocycles. The highest BCUT2D eigenvalue weighted by Crippen LogP contribution is 1.97. The lowest BCUT2D eigenvalue weighted by Gasteiger charge is -2.26. The van der Waals surface area contributed by atoms with Crippen molar-refractivity contribution in [3.63, 3.8) is 0 Å². The average molecular weight is 248 g/mol. The molecule has 0 radical (unpaired) electrons. The number of nitrogens with one attached hydrogen (secondary N) is 1. The fraction of sp³-hybridized carbons (Fsp3) is 0.800. The van der Waals surface area contributed by atoms with Gasteiger partial charge in [0.05, 0.1) is 13.2 Å². The molecule has 0 bridgehead atoms. The molecule has 0 heterocycles. The Morgan fingerprint density at radius 2 is 2.06 bits per heavy atom. The van der Waals surface area contributed by atoms with Crippen molar-refractivity contribution in [2.24, 2.45) is 0 Å². The van der Waals surface area contributed by atoms with Gasteiger partial charge in [0.15, 0.2) is 0 Å². The Kier molecular flexibility index (Phi) is 8.08. The van der Waals surface area contributed by atoms with Crippen LogP contribution in [0.15, 0.2) is 0 Å². The lowest BCUT2D eigenvalue weighted by atomic mass is 10.3. The van der Waals surface area contributed by atoms with Gasteiger partial charge in [-0.3, -0.25) is 0 Å². The van der Waals surface area contributed by atoms with Gasteiger partial charge in [-0.05, 0) is 13.8 Å². The lowest BCUT2D eigenvalue weighted by Crippen LogP contribution is -2.46. The molecule has 0 unspecified atom stereocenters. The Morgan fingerprint density at radius 1 is 1.41 bits per heavy atom. The summed E-state index contributed by atoms with van der Waals surface area (Å²) in [6.45, 7) is 3.86. The predicted molar refractivity (Wildman–Crippen MR) is 60.8 cm³/mol. The van der Waals surface area contributed by atoms with Crippen molar-refractivity contribution in [1.82, 2.24) is 10.2 Å². The zero-order valence-corrected chi connectivity index (χ0v) is 10.2. The predicted octanol–water partition coefficient (Wildman–Crippen LogP) is -0.500. The van der Waals surface area contributed by atoms with Crippen LogP contribution in [0.5, 0.6) is 0 Å². The molecule has 0 aliphatic carbocycles. The maximum Gasteiger partial charge on any atom is 0.329 e. The lowest BCUT2D eigenvalue weighted by molar-refractivity contribution is -0.142. The molecule has 0 saturated carbocycles. The molecule has 17 heavy (non-hydrogen) atoms. The van der Waals surface area contributed by atoms with Gasteiger partial charge in [-0.2, -0.15) is 0 Å². The van der Waals surface area contributed by atoms with Crippen LogP contribution in [-0.2, 0) is 9.53 Å². The fourth-order valence-electron chi connectivity index (χ4n) is 1.19. The molecule has 0 rings (SSSR count). The molecule has 2 amide bonds. The van der Waals surface area contributed by atoms with Gasteiger partial charge in [0, 0.05) is 19.1 Å². The molecule has 7 nitrogen and oxygen atoms in total. The van der Waals surface area contributed by atoms with E-state index in [9.17, 15) is 9.59 Å². The molecular formula is C10H20N2O5. The number of aliphatic carboxylic acids is 1. The van der Waals surface area contributed by atoms with Crippen molar-refractivity contribution in [2.45, 2.75) is 19.9 Å². The van der Waals surface area contributed by atoms with Crippen LogP contribution in [0.4, 0.5) is 4.79 Å². The van der Waals surface area contributed by atoms with Crippen molar-refractivity contribution in [1.29, 1.82) is 0 Å². The molecule has 0 spiro atoms. The van der Waals surface area contributed by atoms with E-state index in [0.717, 1.165) is 0 Å². The molecular weight excluding hydrogens is 228 g/mol. The van der Waals surface area contributed by atoms with Crippen LogP contribution in [0.3, 0.4) is 0 Å². The number of carboxylic acids is 1. The number of carbonyl (C=O) groups is 2. The van der Waals surface area contributed by atoms with E-state index >= 15 is 0 Å². The fourth-order valence-corrected chi connectivity index (χ4v) is 1.19. The van der Waals surface area contributed by atoms with Gasteiger partial charge in [0.2, 0.25) is 0 Å². The Balaban J connectivity index is 3.78. The van der Waals surface area contributed by atoms with Crippen LogP contribution in [0.25, 0.3) is 0 Å². The second kappa shape index (κ2) is 8.77. The second-order valence-corrected chi connectivity index (χ2v) is 3.69. The van der Waals surface area contributed by atoms with Gasteiger partial charge >= 0.3 is 12.0 Å². The number of carbonyl (C=O) groups excluding carboxylic acids is 1. The summed E-state index contributed by atoms with van der Waals surface area (Å²) in [6, 6.07) is -0.310. The number of carboxylic acid groups (broad SMARTS) is 1. The van der Waals surface area contributed by atoms with Crippen LogP contribution < -0.4 is 5.32 Å². The summed E-state index contributed by atoms with van der Waals surface area (Å²) in [4.78, 5) is 23.2. The molecule has 0 fully saturated rings. The third-order valence-corrected chi connectivity index (χ3v) is 1.97. The van der Waals surface area contributed by atoms with Crippen LogP contribution in [0, 0.1) is 0 Å². The number of aliphatic hydroxyl groups is 1. The molecule has 0 atom stereocenters. The minimum atomic E-state index is -1.04. The molecule has 100 valence electrons. The van der Waals surface area contributed by atoms with E-state index in [4.69, 9.17) is 14.9 Å². The minimum absolute atomic E-state index is 0.0120. The minimum Gasteiger partial charge on any atom is -0.480 e. The standard InChI is InChI=1S/C10H20N2O5/c1-8(2)12(4-5-13)10(16)11-3-6-17-7-9(14)15/h8,13H,3-7H2,1-2H3,(H,11,16)(H,14,15). The summed E-state index contributed by atoms with van der Waals surface area (Å²) < 4.78 is 4.76. The van der Waals surface area contributed by atoms with Crippen molar-refractivity contribution < 1.29 is 24.5 Å². The Morgan fingerprint density at radius 3 is 2.53 bits per heavy atom. The Bertz CT molecular complexity index is 245. The average Bonchev–Trinajstić information content (AvgIpc) is 2.24. The summed E-state index contributed by atoms with van der Waals surface area (Å²) >= 11 is 0. The van der Waals surface area contributed by atoms with E-state index in [1.54, 1.807) is 0 Å². The quantitative estimate of drug-likeness (QED) is 0.503. The van der Waals surface area contributed by atoms with Crippen LogP contribution in [0.1, 0.15) is 13.8 Å². The van der Waals surface area contributed by atoms with E-state index < -0.39 is 5.97 Å². The van der Waals surface area contributed by atoms with Crippen LogP contribution in [0.2, 0.25) is 0 Å². The molecule has 0 saturated heterocycles. The number of hydrogen-bond acceptors (Lipinski definition) is 4. The number of urea groups is 1. The first-order valence-corrected chi connectivity index (χ1v) is 5.44. The number of amides is 2. The first-order chi connectivity index (χ1) is 7.99. The zero-order chi connectivity index (χ0) is 13.3. The molecule has 0 aromatic heterocycles. The number of hydrogen-bond donors (Lipinski definition) is 3. The van der Waals surface area contributed by atoms with Crippen molar-refractivity contribution >= 4 is 12.0 Å². The van der Waals surface area contributed by atoms with Gasteiger partial charge in [-0.25, -0.2) is 9.59 Å². The van der Waals surface area contributed by atoms with Crippen molar-refractivity contribution in [3.05, 3.63) is 0 Å². The third-order valence-electron chi connectivity index (χ3n) is 1.97. The first kappa shape index (κ1) is 15.7. The van der Waals surface area contributed by atoms with Gasteiger partial charge in [0.25, 0.3) is 0 Å². The monoisotopic (exact) mass is 248 g/mol. The number of nitrogens with zero attached hydrogens (tertiary/aromatic N) is 1. The largest absolute Gasteiger partial charge is 0.480 e. The Labute approximate surface area is 100 Å². The van der Waals surface area contributed by atoms with Crippen LogP contribution >= 0.6 is 0 Å². The SMILES string of the molecule is CC(C)N(CCO)C(=O)NCCOCC(=O)O. The van der Waals surface area contributed by atoms with Crippen molar-refractivity contribution in [2.75, 3.05) is 32.9 Å². The molecule has 0 aromatic carbocycles. The van der Waals surface area contributed by atoms with Gasteiger partial charge < -0.3 is 25.2 Å². The van der Waals surface area contributed by atoms with Gasteiger partial charge in [-0.15, -0.1) is 0 Å². The van der Waals surface area contributed by atoms with E-state index in [2.05, 4.69) is 5.32 Å². The highest BCUT2D eigenvalue weighted by molar-refractivity contribution is 5.74. The smallest absolute Gasteiger partial charge is 0.329 e. The number of rotatable bonds is 8. The molecule has 7 heteroatoms. The normalized spacial score (nSPS) is 10.4. The highest BCUT2D eigenvalue weighted by Gasteiger charge is 2.15. The molecule has 3 N–H and O–H groups in total. The van der Waals surface area contributed by atoms with Crippen LogP contribution in [-0.4, -0.2) is 66.1 Å². The molecule has 0 aromatic rings. The summed E-state index contributed by atoms with van der Waals surface area (Å²) in [5.74, 6) is -1.04. The molecule has 0 aliphatic rings. The topological polar surface area (TPSA) is 99.1 Å². The van der Waals surface area contributed by atoms with E-state index in [1.807, 2.05) is 13.8 Å². The number of aliphatic hydroxyl groups excluding tert-OH is 1. The Hall–Kier alpha value is -1.34. The maximum atomic E-state index is 11.6. The summed E-state index contributed by atoms with van der Waals surface area (Å²) in [5, 5.41) is 19.7. The first-order valence-electron chi connectivity index (χ1n) is 5.44. The summed E-state index contributed by atoms with van der Waals surface area (Å²) in [7, 11) is 0. The third kappa shape index (κ3) is 7.53. The van der Waals surface area contributed by atoms with Gasteiger partial charge in [0.1, 0.15) is 6.61 Å². The zero-order valence-electron chi connectivity index (χ0n) is 10.2. The summed E-state index contributed by atoms with van der Waals surface area (Å²) in [6.07, 6.45) is 0.